The SMILES string of the molecule is CCCCCCCn1nc(NCCc2ccc(SC(C)(C)C(=O)O)cc2)c(=O)n(C)c1=O. The molecule has 8 nitrogen and oxygen atoms in total. The first-order valence-corrected chi connectivity index (χ1v) is 11.9. The van der Waals surface area contributed by atoms with Crippen molar-refractivity contribution in [3.63, 3.8) is 0 Å². The van der Waals surface area contributed by atoms with Crippen molar-refractivity contribution in [2.75, 3.05) is 11.9 Å². The van der Waals surface area contributed by atoms with Crippen LogP contribution in [-0.4, -0.2) is 36.7 Å². The van der Waals surface area contributed by atoms with Crippen molar-refractivity contribution in [2.24, 2.45) is 7.05 Å². The first-order valence-electron chi connectivity index (χ1n) is 11.1. The van der Waals surface area contributed by atoms with Gasteiger partial charge in [-0.15, -0.1) is 16.9 Å². The van der Waals surface area contributed by atoms with E-state index in [9.17, 15) is 19.5 Å². The highest BCUT2D eigenvalue weighted by atomic mass is 32.2. The van der Waals surface area contributed by atoms with Crippen LogP contribution in [0.5, 0.6) is 0 Å². The van der Waals surface area contributed by atoms with Crippen molar-refractivity contribution in [1.29, 1.82) is 0 Å². The molecule has 1 heterocycles. The Kier molecular flexibility index (Phi) is 9.56. The van der Waals surface area contributed by atoms with Crippen molar-refractivity contribution in [3.05, 3.63) is 50.7 Å². The number of aliphatic carboxylic acids is 1. The van der Waals surface area contributed by atoms with Crippen molar-refractivity contribution in [1.82, 2.24) is 14.3 Å². The quantitative estimate of drug-likeness (QED) is 0.346. The van der Waals surface area contributed by atoms with Gasteiger partial charge in [0, 0.05) is 25.0 Å². The second-order valence-corrected chi connectivity index (χ2v) is 10.1. The maximum atomic E-state index is 12.4. The lowest BCUT2D eigenvalue weighted by Crippen LogP contribution is -2.41. The fraction of sp³-hybridized carbons (Fsp3) is 0.565. The third-order valence-corrected chi connectivity index (χ3v) is 6.42. The summed E-state index contributed by atoms with van der Waals surface area (Å²) in [6.45, 7) is 6.50. The van der Waals surface area contributed by atoms with E-state index in [0.717, 1.165) is 40.7 Å². The number of aryl methyl sites for hydroxylation is 1. The number of hydrogen-bond acceptors (Lipinski definition) is 6. The summed E-state index contributed by atoms with van der Waals surface area (Å²) in [6, 6.07) is 7.71. The number of anilines is 1. The predicted octanol–water partition coefficient (Wildman–Crippen LogP) is 3.52. The van der Waals surface area contributed by atoms with Gasteiger partial charge in [0.1, 0.15) is 4.75 Å². The van der Waals surface area contributed by atoms with E-state index < -0.39 is 22.0 Å². The van der Waals surface area contributed by atoms with Crippen LogP contribution in [0, 0.1) is 0 Å². The third kappa shape index (κ3) is 7.25. The number of thioether (sulfide) groups is 1. The molecule has 0 atom stereocenters. The van der Waals surface area contributed by atoms with Crippen LogP contribution in [0.25, 0.3) is 0 Å². The lowest BCUT2D eigenvalue weighted by atomic mass is 10.1. The summed E-state index contributed by atoms with van der Waals surface area (Å²) < 4.78 is 1.57. The molecule has 176 valence electrons. The highest BCUT2D eigenvalue weighted by molar-refractivity contribution is 8.01. The Labute approximate surface area is 193 Å². The molecular weight excluding hydrogens is 428 g/mol. The molecule has 32 heavy (non-hydrogen) atoms. The first kappa shape index (κ1) is 25.7. The zero-order valence-electron chi connectivity index (χ0n) is 19.4. The van der Waals surface area contributed by atoms with E-state index in [4.69, 9.17) is 0 Å². The van der Waals surface area contributed by atoms with E-state index in [0.29, 0.717) is 19.5 Å². The van der Waals surface area contributed by atoms with E-state index in [1.54, 1.807) is 13.8 Å². The lowest BCUT2D eigenvalue weighted by molar-refractivity contribution is -0.138. The average Bonchev–Trinajstić information content (AvgIpc) is 2.75. The molecule has 0 bridgehead atoms. The fourth-order valence-corrected chi connectivity index (χ4v) is 4.08. The number of benzene rings is 1. The van der Waals surface area contributed by atoms with Gasteiger partial charge >= 0.3 is 11.7 Å². The van der Waals surface area contributed by atoms with Crippen LogP contribution in [0.1, 0.15) is 58.4 Å². The average molecular weight is 463 g/mol. The molecule has 0 radical (unpaired) electrons. The molecule has 0 unspecified atom stereocenters. The number of hydrogen-bond donors (Lipinski definition) is 2. The Morgan fingerprint density at radius 1 is 1.12 bits per heavy atom. The van der Waals surface area contributed by atoms with Crippen LogP contribution in [0.4, 0.5) is 5.82 Å². The fourth-order valence-electron chi connectivity index (χ4n) is 3.13. The Morgan fingerprint density at radius 3 is 2.41 bits per heavy atom. The lowest BCUT2D eigenvalue weighted by Gasteiger charge is -2.18. The minimum absolute atomic E-state index is 0.177. The zero-order valence-corrected chi connectivity index (χ0v) is 20.2. The van der Waals surface area contributed by atoms with Gasteiger partial charge in [-0.3, -0.25) is 14.2 Å². The summed E-state index contributed by atoms with van der Waals surface area (Å²) >= 11 is 1.30. The van der Waals surface area contributed by atoms with Gasteiger partial charge in [0.25, 0.3) is 5.56 Å². The number of nitrogens with zero attached hydrogens (tertiary/aromatic N) is 3. The van der Waals surface area contributed by atoms with Gasteiger partial charge in [-0.25, -0.2) is 9.48 Å². The van der Waals surface area contributed by atoms with Crippen LogP contribution >= 0.6 is 11.8 Å². The normalized spacial score (nSPS) is 11.5. The molecule has 2 rings (SSSR count). The summed E-state index contributed by atoms with van der Waals surface area (Å²) in [5, 5.41) is 16.6. The molecule has 1 aromatic heterocycles. The van der Waals surface area contributed by atoms with Crippen molar-refractivity contribution in [3.8, 4) is 0 Å². The summed E-state index contributed by atoms with van der Waals surface area (Å²) in [5.41, 5.74) is 0.226. The van der Waals surface area contributed by atoms with Gasteiger partial charge < -0.3 is 10.4 Å². The Bertz CT molecular complexity index is 1010. The molecule has 2 N–H and O–H groups in total. The number of aromatic nitrogens is 3. The Morgan fingerprint density at radius 2 is 1.78 bits per heavy atom. The molecule has 0 saturated carbocycles. The molecule has 0 aliphatic carbocycles. The minimum atomic E-state index is -0.895. The number of nitrogens with one attached hydrogen (secondary N) is 1. The molecule has 9 heteroatoms. The second-order valence-electron chi connectivity index (χ2n) is 8.37. The highest BCUT2D eigenvalue weighted by Gasteiger charge is 2.28. The number of carboxylic acids is 1. The van der Waals surface area contributed by atoms with Crippen LogP contribution in [0.3, 0.4) is 0 Å². The van der Waals surface area contributed by atoms with E-state index in [-0.39, 0.29) is 5.82 Å². The molecule has 0 aliphatic rings. The summed E-state index contributed by atoms with van der Waals surface area (Å²) in [4.78, 5) is 36.9. The van der Waals surface area contributed by atoms with Crippen molar-refractivity contribution >= 4 is 23.5 Å². The van der Waals surface area contributed by atoms with Crippen LogP contribution in [-0.2, 0) is 24.8 Å². The predicted molar refractivity (Wildman–Crippen MR) is 129 cm³/mol. The monoisotopic (exact) mass is 462 g/mol. The van der Waals surface area contributed by atoms with E-state index in [1.165, 1.54) is 29.9 Å². The molecule has 1 aromatic carbocycles. The van der Waals surface area contributed by atoms with Gasteiger partial charge in [0.2, 0.25) is 5.82 Å². The summed E-state index contributed by atoms with van der Waals surface area (Å²) in [7, 11) is 1.47. The van der Waals surface area contributed by atoms with Gasteiger partial charge in [0.15, 0.2) is 0 Å². The first-order chi connectivity index (χ1) is 15.2. The number of rotatable bonds is 13. The second kappa shape index (κ2) is 11.9. The van der Waals surface area contributed by atoms with E-state index in [2.05, 4.69) is 17.3 Å². The largest absolute Gasteiger partial charge is 0.480 e. The van der Waals surface area contributed by atoms with Gasteiger partial charge in [-0.05, 0) is 44.4 Å². The Hall–Kier alpha value is -2.55. The molecule has 0 spiro atoms. The van der Waals surface area contributed by atoms with Crippen LogP contribution in [0.15, 0.2) is 38.8 Å². The Balaban J connectivity index is 1.96. The smallest absolute Gasteiger partial charge is 0.347 e. The topological polar surface area (TPSA) is 106 Å². The number of carboxylic acid groups (broad SMARTS) is 1. The van der Waals surface area contributed by atoms with Crippen LogP contribution in [0.2, 0.25) is 0 Å². The van der Waals surface area contributed by atoms with Crippen molar-refractivity contribution < 1.29 is 9.90 Å². The van der Waals surface area contributed by atoms with E-state index in [1.807, 2.05) is 24.3 Å². The maximum Gasteiger partial charge on any atom is 0.347 e. The van der Waals surface area contributed by atoms with E-state index >= 15 is 0 Å². The van der Waals surface area contributed by atoms with Gasteiger partial charge in [-0.1, -0.05) is 44.7 Å². The molecule has 0 aliphatic heterocycles. The minimum Gasteiger partial charge on any atom is -0.480 e. The van der Waals surface area contributed by atoms with Gasteiger partial charge in [0.05, 0.1) is 0 Å². The molecule has 0 amide bonds. The molecule has 0 saturated heterocycles. The third-order valence-electron chi connectivity index (χ3n) is 5.23. The summed E-state index contributed by atoms with van der Waals surface area (Å²) in [6.07, 6.45) is 6.02. The standard InChI is InChI=1S/C23H34N4O4S/c1-5-6-7-8-9-16-27-22(31)26(4)20(28)19(25-27)24-15-14-17-10-12-18(13-11-17)32-23(2,3)21(29)30/h10-13H,5-9,14-16H2,1-4H3,(H,24,25)(H,29,30). The molecule has 2 aromatic rings. The highest BCUT2D eigenvalue weighted by Crippen LogP contribution is 2.32. The number of unbranched alkanes of at least 4 members (excludes halogenated alkanes) is 4. The zero-order chi connectivity index (χ0) is 23.7. The molecular formula is C23H34N4O4S. The maximum absolute atomic E-state index is 12.4. The van der Waals surface area contributed by atoms with Crippen LogP contribution < -0.4 is 16.6 Å². The van der Waals surface area contributed by atoms with Crippen molar-refractivity contribution in [2.45, 2.75) is 75.5 Å². The number of carbonyl (C=O) groups is 1. The summed E-state index contributed by atoms with van der Waals surface area (Å²) in [5.74, 6) is -0.678. The molecule has 0 fully saturated rings. The van der Waals surface area contributed by atoms with Gasteiger partial charge in [-0.2, -0.15) is 0 Å².